The Kier molecular flexibility index (Phi) is 2.76. The van der Waals surface area contributed by atoms with E-state index in [1.54, 1.807) is 7.11 Å². The van der Waals surface area contributed by atoms with Crippen molar-refractivity contribution in [1.82, 2.24) is 0 Å². The minimum absolute atomic E-state index is 1.01. The molecule has 0 radical (unpaired) electrons. The maximum absolute atomic E-state index is 4.83. The molecular weight excluding hydrogens is 149 g/mol. The first kappa shape index (κ1) is 9.14. The maximum Gasteiger partial charge on any atom is 0.139 e. The summed E-state index contributed by atoms with van der Waals surface area (Å²) in [6.45, 7) is 4.20. The quantitative estimate of drug-likeness (QED) is 0.507. The van der Waals surface area contributed by atoms with Gasteiger partial charge in [-0.05, 0) is 26.0 Å². The summed E-state index contributed by atoms with van der Waals surface area (Å²) in [4.78, 5) is 4.83. The molecule has 1 rings (SSSR count). The second kappa shape index (κ2) is 3.63. The third-order valence-electron chi connectivity index (χ3n) is 2.15. The van der Waals surface area contributed by atoms with Crippen LogP contribution < -0.4 is 10.9 Å². The molecule has 0 unspecified atom stereocenters. The van der Waals surface area contributed by atoms with Crippen molar-refractivity contribution in [3.8, 4) is 0 Å². The van der Waals surface area contributed by atoms with Gasteiger partial charge in [0.2, 0.25) is 0 Å². The van der Waals surface area contributed by atoms with Crippen LogP contribution in [-0.2, 0) is 4.84 Å². The third-order valence-corrected chi connectivity index (χ3v) is 2.15. The van der Waals surface area contributed by atoms with Gasteiger partial charge in [0.25, 0.3) is 0 Å². The number of benzene rings is 1. The van der Waals surface area contributed by atoms with Gasteiger partial charge in [-0.2, -0.15) is 0 Å². The van der Waals surface area contributed by atoms with Crippen molar-refractivity contribution in [2.75, 3.05) is 12.6 Å². The van der Waals surface area contributed by atoms with Crippen molar-refractivity contribution in [3.63, 3.8) is 0 Å². The molecule has 0 bridgehead atoms. The Morgan fingerprint density at radius 3 is 2.17 bits per heavy atom. The standard InChI is InChI=1S/C9H14BNO/c1-6-4-8(11-12-3)5-7(2)9(6)10/h4-5,11H,10H2,1-3H3. The van der Waals surface area contributed by atoms with Gasteiger partial charge in [0.1, 0.15) is 7.85 Å². The summed E-state index contributed by atoms with van der Waals surface area (Å²) in [7, 11) is 3.74. The largest absolute Gasteiger partial charge is 0.279 e. The van der Waals surface area contributed by atoms with E-state index in [0.717, 1.165) is 5.69 Å². The minimum atomic E-state index is 1.01. The molecule has 0 aliphatic carbocycles. The molecule has 12 heavy (non-hydrogen) atoms. The van der Waals surface area contributed by atoms with E-state index in [2.05, 4.69) is 39.3 Å². The van der Waals surface area contributed by atoms with Crippen LogP contribution in [0.1, 0.15) is 11.1 Å². The average Bonchev–Trinajstić information content (AvgIpc) is 2.01. The molecule has 1 N–H and O–H groups in total. The molecule has 0 heterocycles. The predicted molar refractivity (Wildman–Crippen MR) is 54.7 cm³/mol. The second-order valence-electron chi connectivity index (χ2n) is 3.04. The third kappa shape index (κ3) is 1.80. The van der Waals surface area contributed by atoms with Crippen LogP contribution in [0.4, 0.5) is 5.69 Å². The first-order valence-corrected chi connectivity index (χ1v) is 4.02. The number of hydrogen-bond donors (Lipinski definition) is 1. The molecular formula is C9H14BNO. The fourth-order valence-electron chi connectivity index (χ4n) is 1.21. The highest BCUT2D eigenvalue weighted by atomic mass is 16.6. The Balaban J connectivity index is 3.04. The van der Waals surface area contributed by atoms with Crippen molar-refractivity contribution >= 4 is 19.0 Å². The van der Waals surface area contributed by atoms with E-state index in [1.807, 2.05) is 0 Å². The van der Waals surface area contributed by atoms with Crippen molar-refractivity contribution in [2.24, 2.45) is 0 Å². The van der Waals surface area contributed by atoms with Crippen LogP contribution in [0.15, 0.2) is 12.1 Å². The van der Waals surface area contributed by atoms with Crippen molar-refractivity contribution in [3.05, 3.63) is 23.3 Å². The van der Waals surface area contributed by atoms with E-state index in [9.17, 15) is 0 Å². The van der Waals surface area contributed by atoms with Crippen LogP contribution in [0, 0.1) is 13.8 Å². The molecule has 0 saturated heterocycles. The summed E-state index contributed by atoms with van der Waals surface area (Å²) in [5.74, 6) is 0. The van der Waals surface area contributed by atoms with E-state index in [-0.39, 0.29) is 0 Å². The molecule has 0 fully saturated rings. The molecule has 0 atom stereocenters. The normalized spacial score (nSPS) is 9.92. The Morgan fingerprint density at radius 2 is 1.75 bits per heavy atom. The van der Waals surface area contributed by atoms with E-state index in [4.69, 9.17) is 4.84 Å². The molecule has 0 aromatic heterocycles. The molecule has 1 aromatic rings. The van der Waals surface area contributed by atoms with Crippen LogP contribution in [0.5, 0.6) is 0 Å². The van der Waals surface area contributed by atoms with E-state index in [0.29, 0.717) is 0 Å². The first-order chi connectivity index (χ1) is 5.65. The van der Waals surface area contributed by atoms with Gasteiger partial charge in [0.05, 0.1) is 12.8 Å². The lowest BCUT2D eigenvalue weighted by molar-refractivity contribution is 0.271. The summed E-state index contributed by atoms with van der Waals surface area (Å²) >= 11 is 0. The highest BCUT2D eigenvalue weighted by Gasteiger charge is 1.99. The number of anilines is 1. The van der Waals surface area contributed by atoms with E-state index in [1.165, 1.54) is 16.6 Å². The number of rotatable bonds is 2. The molecule has 0 saturated carbocycles. The number of hydrogen-bond acceptors (Lipinski definition) is 2. The Morgan fingerprint density at radius 1 is 1.25 bits per heavy atom. The molecule has 0 spiro atoms. The highest BCUT2D eigenvalue weighted by molar-refractivity contribution is 6.34. The summed E-state index contributed by atoms with van der Waals surface area (Å²) in [6.07, 6.45) is 0. The average molecular weight is 163 g/mol. The van der Waals surface area contributed by atoms with Gasteiger partial charge in [-0.25, -0.2) is 0 Å². The Hall–Kier alpha value is -0.955. The van der Waals surface area contributed by atoms with Crippen molar-refractivity contribution in [2.45, 2.75) is 13.8 Å². The smallest absolute Gasteiger partial charge is 0.139 e. The SMILES string of the molecule is Bc1c(C)cc(NOC)cc1C. The molecule has 1 aromatic carbocycles. The van der Waals surface area contributed by atoms with Crippen LogP contribution in [0.25, 0.3) is 0 Å². The van der Waals surface area contributed by atoms with Gasteiger partial charge in [-0.15, -0.1) is 0 Å². The lowest BCUT2D eigenvalue weighted by Crippen LogP contribution is -2.12. The summed E-state index contributed by atoms with van der Waals surface area (Å²) in [5, 5.41) is 0. The molecule has 0 aliphatic rings. The predicted octanol–water partition coefficient (Wildman–Crippen LogP) is 0.535. The molecule has 3 heteroatoms. The van der Waals surface area contributed by atoms with Gasteiger partial charge in [0.15, 0.2) is 0 Å². The zero-order valence-corrected chi connectivity index (χ0v) is 8.06. The van der Waals surface area contributed by atoms with Gasteiger partial charge < -0.3 is 0 Å². The maximum atomic E-state index is 4.83. The monoisotopic (exact) mass is 163 g/mol. The van der Waals surface area contributed by atoms with Gasteiger partial charge in [-0.3, -0.25) is 10.3 Å². The number of aryl methyl sites for hydroxylation is 2. The lowest BCUT2D eigenvalue weighted by atomic mass is 9.86. The van der Waals surface area contributed by atoms with Gasteiger partial charge in [-0.1, -0.05) is 16.6 Å². The van der Waals surface area contributed by atoms with E-state index < -0.39 is 0 Å². The van der Waals surface area contributed by atoms with Crippen LogP contribution in [0.2, 0.25) is 0 Å². The Labute approximate surface area is 74.3 Å². The minimum Gasteiger partial charge on any atom is -0.279 e. The summed E-state index contributed by atoms with van der Waals surface area (Å²) in [5.41, 5.74) is 7.75. The zero-order valence-electron chi connectivity index (χ0n) is 8.06. The summed E-state index contributed by atoms with van der Waals surface area (Å²) < 4.78 is 0. The molecule has 0 amide bonds. The Bertz CT molecular complexity index is 263. The van der Waals surface area contributed by atoms with Crippen molar-refractivity contribution in [1.29, 1.82) is 0 Å². The van der Waals surface area contributed by atoms with Crippen LogP contribution in [0.3, 0.4) is 0 Å². The molecule has 2 nitrogen and oxygen atoms in total. The second-order valence-corrected chi connectivity index (χ2v) is 3.04. The first-order valence-electron chi connectivity index (χ1n) is 4.02. The summed E-state index contributed by atoms with van der Waals surface area (Å²) in [6, 6.07) is 4.15. The van der Waals surface area contributed by atoms with Gasteiger partial charge >= 0.3 is 0 Å². The van der Waals surface area contributed by atoms with Crippen LogP contribution >= 0.6 is 0 Å². The topological polar surface area (TPSA) is 21.3 Å². The van der Waals surface area contributed by atoms with Gasteiger partial charge in [0, 0.05) is 0 Å². The number of nitrogens with one attached hydrogen (secondary N) is 1. The molecule has 0 aliphatic heterocycles. The van der Waals surface area contributed by atoms with Crippen molar-refractivity contribution < 1.29 is 4.84 Å². The van der Waals surface area contributed by atoms with E-state index >= 15 is 0 Å². The lowest BCUT2D eigenvalue weighted by Gasteiger charge is -2.09. The fourth-order valence-corrected chi connectivity index (χ4v) is 1.21. The highest BCUT2D eigenvalue weighted by Crippen LogP contribution is 2.10. The molecule has 64 valence electrons. The zero-order chi connectivity index (χ0) is 9.14. The van der Waals surface area contributed by atoms with Crippen LogP contribution in [-0.4, -0.2) is 15.0 Å². The fraction of sp³-hybridized carbons (Fsp3) is 0.333.